The van der Waals surface area contributed by atoms with E-state index in [-0.39, 0.29) is 11.5 Å². The maximum absolute atomic E-state index is 12.3. The molecular weight excluding hydrogens is 284 g/mol. The molecule has 6 heteroatoms. The molecule has 0 radical (unpaired) electrons. The average molecular weight is 300 g/mol. The Kier molecular flexibility index (Phi) is 4.63. The summed E-state index contributed by atoms with van der Waals surface area (Å²) in [5.74, 6) is -0.414. The van der Waals surface area contributed by atoms with Crippen LogP contribution in [-0.2, 0) is 4.74 Å². The van der Waals surface area contributed by atoms with Gasteiger partial charge in [0.05, 0.1) is 31.2 Å². The van der Waals surface area contributed by atoms with Gasteiger partial charge in [-0.15, -0.1) is 0 Å². The molecule has 2 aromatic carbocycles. The predicted molar refractivity (Wildman–Crippen MR) is 83.1 cm³/mol. The Labute approximate surface area is 127 Å². The third-order valence-corrected chi connectivity index (χ3v) is 3.07. The smallest absolute Gasteiger partial charge is 0.339 e. The number of nitrogens with one attached hydrogen (secondary N) is 1. The predicted octanol–water partition coefficient (Wildman–Crippen LogP) is 2.32. The molecule has 3 N–H and O–H groups in total. The summed E-state index contributed by atoms with van der Waals surface area (Å²) in [5.41, 5.74) is 7.15. The van der Waals surface area contributed by atoms with Crippen LogP contribution in [-0.4, -0.2) is 26.1 Å². The Morgan fingerprint density at radius 2 is 1.82 bits per heavy atom. The minimum absolute atomic E-state index is 0.278. The molecule has 2 rings (SSSR count). The van der Waals surface area contributed by atoms with Crippen LogP contribution in [0.2, 0.25) is 0 Å². The van der Waals surface area contributed by atoms with E-state index in [1.165, 1.54) is 20.3 Å². The van der Waals surface area contributed by atoms with Crippen molar-refractivity contribution in [2.45, 2.75) is 0 Å². The molecule has 0 aromatic heterocycles. The van der Waals surface area contributed by atoms with Crippen molar-refractivity contribution < 1.29 is 19.1 Å². The molecule has 0 aliphatic carbocycles. The Bertz CT molecular complexity index is 713. The van der Waals surface area contributed by atoms with Crippen LogP contribution in [0, 0.1) is 0 Å². The second-order valence-corrected chi connectivity index (χ2v) is 4.45. The number of amides is 1. The van der Waals surface area contributed by atoms with E-state index in [9.17, 15) is 9.59 Å². The third-order valence-electron chi connectivity index (χ3n) is 3.07. The van der Waals surface area contributed by atoms with Crippen LogP contribution in [0.5, 0.6) is 5.75 Å². The van der Waals surface area contributed by atoms with Crippen LogP contribution in [0.25, 0.3) is 0 Å². The summed E-state index contributed by atoms with van der Waals surface area (Å²) in [6, 6.07) is 11.3. The molecule has 0 atom stereocenters. The van der Waals surface area contributed by atoms with Gasteiger partial charge in [0.1, 0.15) is 5.75 Å². The normalized spacial score (nSPS) is 9.91. The number of carbonyl (C=O) groups excluding carboxylic acids is 2. The Hall–Kier alpha value is -3.02. The highest BCUT2D eigenvalue weighted by atomic mass is 16.5. The van der Waals surface area contributed by atoms with Crippen LogP contribution >= 0.6 is 0 Å². The number of para-hydroxylation sites is 1. The fourth-order valence-electron chi connectivity index (χ4n) is 1.95. The van der Waals surface area contributed by atoms with Crippen molar-refractivity contribution in [3.8, 4) is 5.75 Å². The summed E-state index contributed by atoms with van der Waals surface area (Å²) in [5, 5.41) is 2.67. The number of esters is 1. The summed E-state index contributed by atoms with van der Waals surface area (Å²) >= 11 is 0. The van der Waals surface area contributed by atoms with Crippen molar-refractivity contribution >= 4 is 23.3 Å². The van der Waals surface area contributed by atoms with Crippen molar-refractivity contribution in [2.24, 2.45) is 0 Å². The minimum atomic E-state index is -0.523. The second kappa shape index (κ2) is 6.62. The molecule has 0 saturated heterocycles. The number of nitrogens with two attached hydrogens (primary N) is 1. The van der Waals surface area contributed by atoms with Gasteiger partial charge in [0.25, 0.3) is 5.91 Å². The molecule has 1 amide bonds. The first-order chi connectivity index (χ1) is 10.6. The van der Waals surface area contributed by atoms with E-state index in [0.717, 1.165) is 0 Å². The Morgan fingerprint density at radius 1 is 1.09 bits per heavy atom. The quantitative estimate of drug-likeness (QED) is 0.668. The monoisotopic (exact) mass is 300 g/mol. The molecule has 0 bridgehead atoms. The zero-order valence-corrected chi connectivity index (χ0v) is 12.3. The molecule has 0 heterocycles. The Morgan fingerprint density at radius 3 is 2.45 bits per heavy atom. The number of anilines is 2. The van der Waals surface area contributed by atoms with Crippen molar-refractivity contribution in [2.75, 3.05) is 25.3 Å². The van der Waals surface area contributed by atoms with Gasteiger partial charge < -0.3 is 20.5 Å². The molecule has 0 fully saturated rings. The lowest BCUT2D eigenvalue weighted by molar-refractivity contribution is 0.0602. The lowest BCUT2D eigenvalue weighted by atomic mass is 10.1. The van der Waals surface area contributed by atoms with E-state index < -0.39 is 5.97 Å². The highest BCUT2D eigenvalue weighted by Gasteiger charge is 2.15. The molecule has 0 aliphatic heterocycles. The van der Waals surface area contributed by atoms with Gasteiger partial charge in [-0.05, 0) is 30.3 Å². The molecule has 0 saturated carbocycles. The number of benzene rings is 2. The van der Waals surface area contributed by atoms with Gasteiger partial charge in [0.2, 0.25) is 0 Å². The maximum Gasteiger partial charge on any atom is 0.339 e. The summed E-state index contributed by atoms with van der Waals surface area (Å²) < 4.78 is 9.73. The van der Waals surface area contributed by atoms with Crippen molar-refractivity contribution in [3.05, 3.63) is 53.6 Å². The number of hydrogen-bond acceptors (Lipinski definition) is 5. The fourth-order valence-corrected chi connectivity index (χ4v) is 1.95. The number of rotatable bonds is 4. The van der Waals surface area contributed by atoms with E-state index in [2.05, 4.69) is 10.1 Å². The largest absolute Gasteiger partial charge is 0.495 e. The maximum atomic E-state index is 12.3. The van der Waals surface area contributed by atoms with Crippen LogP contribution in [0.1, 0.15) is 20.7 Å². The topological polar surface area (TPSA) is 90.6 Å². The van der Waals surface area contributed by atoms with Gasteiger partial charge >= 0.3 is 5.97 Å². The number of methoxy groups -OCH3 is 2. The number of ether oxygens (including phenoxy) is 2. The number of nitrogen functional groups attached to an aromatic ring is 1. The molecule has 22 heavy (non-hydrogen) atoms. The molecule has 114 valence electrons. The van der Waals surface area contributed by atoms with Crippen LogP contribution < -0.4 is 15.8 Å². The minimum Gasteiger partial charge on any atom is -0.495 e. The van der Waals surface area contributed by atoms with E-state index >= 15 is 0 Å². The lowest BCUT2D eigenvalue weighted by Crippen LogP contribution is -2.15. The first-order valence-corrected chi connectivity index (χ1v) is 6.49. The number of carbonyl (C=O) groups is 2. The third kappa shape index (κ3) is 3.17. The number of hydrogen-bond donors (Lipinski definition) is 2. The summed E-state index contributed by atoms with van der Waals surface area (Å²) in [7, 11) is 2.78. The summed E-state index contributed by atoms with van der Waals surface area (Å²) in [6.45, 7) is 0. The highest BCUT2D eigenvalue weighted by molar-refractivity contribution is 6.08. The van der Waals surface area contributed by atoms with Crippen molar-refractivity contribution in [1.82, 2.24) is 0 Å². The van der Waals surface area contributed by atoms with Crippen molar-refractivity contribution in [1.29, 1.82) is 0 Å². The average Bonchev–Trinajstić information content (AvgIpc) is 2.54. The second-order valence-electron chi connectivity index (χ2n) is 4.45. The zero-order valence-electron chi connectivity index (χ0n) is 12.3. The zero-order chi connectivity index (χ0) is 16.1. The highest BCUT2D eigenvalue weighted by Crippen LogP contribution is 2.23. The fraction of sp³-hybridized carbons (Fsp3) is 0.125. The van der Waals surface area contributed by atoms with Gasteiger partial charge in [-0.25, -0.2) is 4.79 Å². The van der Waals surface area contributed by atoms with Crippen LogP contribution in [0.15, 0.2) is 42.5 Å². The van der Waals surface area contributed by atoms with Gasteiger partial charge in [-0.1, -0.05) is 12.1 Å². The first-order valence-electron chi connectivity index (χ1n) is 6.49. The Balaban J connectivity index is 2.26. The van der Waals surface area contributed by atoms with Gasteiger partial charge in [-0.3, -0.25) is 4.79 Å². The molecule has 0 unspecified atom stereocenters. The molecule has 2 aromatic rings. The molecule has 6 nitrogen and oxygen atoms in total. The lowest BCUT2D eigenvalue weighted by Gasteiger charge is -2.11. The van der Waals surface area contributed by atoms with Crippen molar-refractivity contribution in [3.63, 3.8) is 0 Å². The van der Waals surface area contributed by atoms with E-state index in [1.54, 1.807) is 36.4 Å². The van der Waals surface area contributed by atoms with Gasteiger partial charge in [0.15, 0.2) is 0 Å². The molecule has 0 spiro atoms. The van der Waals surface area contributed by atoms with Gasteiger partial charge in [0, 0.05) is 5.56 Å². The SMILES string of the molecule is COC(=O)c1ccccc1NC(=O)c1ccc(OC)c(N)c1. The van der Waals surface area contributed by atoms with Crippen LogP contribution in [0.4, 0.5) is 11.4 Å². The standard InChI is InChI=1S/C16H16N2O4/c1-21-14-8-7-10(9-12(14)17)15(19)18-13-6-4-3-5-11(13)16(20)22-2/h3-9H,17H2,1-2H3,(H,18,19). The van der Waals surface area contributed by atoms with Crippen LogP contribution in [0.3, 0.4) is 0 Å². The van der Waals surface area contributed by atoms with Gasteiger partial charge in [-0.2, -0.15) is 0 Å². The van der Waals surface area contributed by atoms with E-state index in [1.807, 2.05) is 0 Å². The summed E-state index contributed by atoms with van der Waals surface area (Å²) in [4.78, 5) is 23.9. The first kappa shape index (κ1) is 15.4. The molecule has 0 aliphatic rings. The molecular formula is C16H16N2O4. The van der Waals surface area contributed by atoms with E-state index in [4.69, 9.17) is 10.5 Å². The van der Waals surface area contributed by atoms with E-state index in [0.29, 0.717) is 22.7 Å². The summed E-state index contributed by atoms with van der Waals surface area (Å²) in [6.07, 6.45) is 0.